The molecule has 1 unspecified atom stereocenters. The van der Waals surface area contributed by atoms with Gasteiger partial charge in [-0.15, -0.1) is 0 Å². The monoisotopic (exact) mass is 326 g/mol. The van der Waals surface area contributed by atoms with Gasteiger partial charge in [0.1, 0.15) is 12.3 Å². The van der Waals surface area contributed by atoms with Crippen molar-refractivity contribution in [1.29, 1.82) is 5.26 Å². The summed E-state index contributed by atoms with van der Waals surface area (Å²) < 4.78 is 42.7. The molecule has 1 aromatic rings. The molecule has 122 valence electrons. The van der Waals surface area contributed by atoms with Crippen LogP contribution in [-0.2, 0) is 9.59 Å². The maximum Gasteiger partial charge on any atom is 0.406 e. The van der Waals surface area contributed by atoms with Crippen LogP contribution in [0.4, 0.5) is 13.2 Å². The summed E-state index contributed by atoms with van der Waals surface area (Å²) in [4.78, 5) is 24.7. The summed E-state index contributed by atoms with van der Waals surface area (Å²) in [7, 11) is 0. The summed E-state index contributed by atoms with van der Waals surface area (Å²) >= 11 is 0. The Bertz CT molecular complexity index is 640. The third-order valence-electron chi connectivity index (χ3n) is 3.24. The molecule has 1 saturated carbocycles. The largest absolute Gasteiger partial charge is 0.465 e. The first kappa shape index (κ1) is 16.8. The summed E-state index contributed by atoms with van der Waals surface area (Å²) in [6.07, 6.45) is -0.109. The lowest BCUT2D eigenvalue weighted by atomic mass is 10.0. The number of rotatable bonds is 6. The number of furan rings is 1. The first-order valence-corrected chi connectivity index (χ1v) is 6.84. The lowest BCUT2D eigenvalue weighted by molar-refractivity contribution is -0.164. The van der Waals surface area contributed by atoms with E-state index in [1.807, 2.05) is 0 Å². The molecule has 8 heteroatoms. The van der Waals surface area contributed by atoms with Crippen LogP contribution in [0.1, 0.15) is 18.6 Å². The van der Waals surface area contributed by atoms with Gasteiger partial charge in [0.2, 0.25) is 5.91 Å². The quantitative estimate of drug-likeness (QED) is 0.595. The Morgan fingerprint density at radius 2 is 2.17 bits per heavy atom. The fourth-order valence-corrected chi connectivity index (χ4v) is 2.02. The van der Waals surface area contributed by atoms with Crippen molar-refractivity contribution in [2.75, 3.05) is 6.54 Å². The van der Waals surface area contributed by atoms with Crippen LogP contribution in [0.3, 0.4) is 0 Å². The SMILES string of the molecule is N#CC(C(=O)/C=C/c1ccco1)C(=O)N(CC(F)(F)F)C1CC1. The van der Waals surface area contributed by atoms with Gasteiger partial charge in [-0.25, -0.2) is 0 Å². The summed E-state index contributed by atoms with van der Waals surface area (Å²) in [6.45, 7) is -1.45. The molecule has 23 heavy (non-hydrogen) atoms. The fraction of sp³-hybridized carbons (Fsp3) is 0.400. The zero-order chi connectivity index (χ0) is 17.0. The predicted molar refractivity (Wildman–Crippen MR) is 72.6 cm³/mol. The molecule has 0 N–H and O–H groups in total. The van der Waals surface area contributed by atoms with Gasteiger partial charge in [-0.1, -0.05) is 0 Å². The average Bonchev–Trinajstić information content (AvgIpc) is 3.18. The molecule has 1 aliphatic rings. The predicted octanol–water partition coefficient (Wildman–Crippen LogP) is 2.55. The zero-order valence-corrected chi connectivity index (χ0v) is 11.9. The number of hydrogen-bond acceptors (Lipinski definition) is 4. The number of carbonyl (C=O) groups is 2. The van der Waals surface area contributed by atoms with E-state index in [1.165, 1.54) is 18.4 Å². The zero-order valence-electron chi connectivity index (χ0n) is 11.9. The Kier molecular flexibility index (Phi) is 4.89. The van der Waals surface area contributed by atoms with Crippen LogP contribution in [0.15, 0.2) is 28.9 Å². The van der Waals surface area contributed by atoms with Crippen molar-refractivity contribution >= 4 is 17.8 Å². The second kappa shape index (κ2) is 6.69. The Balaban J connectivity index is 2.10. The van der Waals surface area contributed by atoms with Crippen LogP contribution in [0.5, 0.6) is 0 Å². The summed E-state index contributed by atoms with van der Waals surface area (Å²) in [5.41, 5.74) is 0. The van der Waals surface area contributed by atoms with Crippen LogP contribution < -0.4 is 0 Å². The minimum absolute atomic E-state index is 0.330. The number of nitrogens with zero attached hydrogens (tertiary/aromatic N) is 2. The molecule has 0 saturated heterocycles. The van der Waals surface area contributed by atoms with Crippen LogP contribution >= 0.6 is 0 Å². The molecule has 1 aliphatic carbocycles. The molecule has 1 aromatic heterocycles. The minimum atomic E-state index is -4.58. The van der Waals surface area contributed by atoms with Gasteiger partial charge in [-0.05, 0) is 37.1 Å². The van der Waals surface area contributed by atoms with Crippen molar-refractivity contribution in [1.82, 2.24) is 4.90 Å². The second-order valence-electron chi connectivity index (χ2n) is 5.13. The number of allylic oxidation sites excluding steroid dienone is 1. The Morgan fingerprint density at radius 3 is 2.65 bits per heavy atom. The molecule has 0 spiro atoms. The van der Waals surface area contributed by atoms with Gasteiger partial charge in [-0.2, -0.15) is 18.4 Å². The van der Waals surface area contributed by atoms with E-state index in [9.17, 15) is 22.8 Å². The van der Waals surface area contributed by atoms with Crippen molar-refractivity contribution in [3.63, 3.8) is 0 Å². The number of halogens is 3. The lowest BCUT2D eigenvalue weighted by Crippen LogP contribution is -2.45. The van der Waals surface area contributed by atoms with E-state index in [2.05, 4.69) is 0 Å². The molecule has 1 fully saturated rings. The van der Waals surface area contributed by atoms with Crippen molar-refractivity contribution < 1.29 is 27.2 Å². The molecule has 2 rings (SSSR count). The Labute approximate surface area is 130 Å². The highest BCUT2D eigenvalue weighted by Gasteiger charge is 2.43. The number of alkyl halides is 3. The van der Waals surface area contributed by atoms with E-state index in [4.69, 9.17) is 9.68 Å². The summed E-state index contributed by atoms with van der Waals surface area (Å²) in [5.74, 6) is -3.44. The molecule has 0 aromatic carbocycles. The number of ketones is 1. The average molecular weight is 326 g/mol. The minimum Gasteiger partial charge on any atom is -0.465 e. The van der Waals surface area contributed by atoms with E-state index >= 15 is 0 Å². The first-order valence-electron chi connectivity index (χ1n) is 6.84. The standard InChI is InChI=1S/C15H13F3N2O3/c16-15(17,18)9-20(10-3-4-10)14(22)12(8-19)13(21)6-5-11-2-1-7-23-11/h1-2,5-7,10,12H,3-4,9H2/b6-5+. The number of amides is 1. The van der Waals surface area contributed by atoms with Crippen molar-refractivity contribution in [2.45, 2.75) is 25.1 Å². The first-order chi connectivity index (χ1) is 10.8. The molecule has 1 amide bonds. The lowest BCUT2D eigenvalue weighted by Gasteiger charge is -2.25. The van der Waals surface area contributed by atoms with Gasteiger partial charge in [0.15, 0.2) is 11.7 Å². The third kappa shape index (κ3) is 4.71. The van der Waals surface area contributed by atoms with Crippen molar-refractivity contribution in [3.05, 3.63) is 30.2 Å². The van der Waals surface area contributed by atoms with Crippen LogP contribution in [0.25, 0.3) is 6.08 Å². The second-order valence-corrected chi connectivity index (χ2v) is 5.13. The van der Waals surface area contributed by atoms with E-state index in [1.54, 1.807) is 12.1 Å². The Hall–Kier alpha value is -2.56. The molecule has 0 radical (unpaired) electrons. The van der Waals surface area contributed by atoms with Crippen LogP contribution in [0, 0.1) is 17.2 Å². The molecular formula is C15H13F3N2O3. The number of nitriles is 1. The van der Waals surface area contributed by atoms with Gasteiger partial charge < -0.3 is 9.32 Å². The highest BCUT2D eigenvalue weighted by atomic mass is 19.4. The molecule has 1 atom stereocenters. The molecule has 0 bridgehead atoms. The topological polar surface area (TPSA) is 74.3 Å². The smallest absolute Gasteiger partial charge is 0.406 e. The van der Waals surface area contributed by atoms with Crippen molar-refractivity contribution in [2.24, 2.45) is 5.92 Å². The summed E-state index contributed by atoms with van der Waals surface area (Å²) in [5, 5.41) is 9.02. The fourth-order valence-electron chi connectivity index (χ4n) is 2.02. The third-order valence-corrected chi connectivity index (χ3v) is 3.24. The summed E-state index contributed by atoms with van der Waals surface area (Å²) in [6, 6.07) is 4.06. The van der Waals surface area contributed by atoms with Crippen LogP contribution in [-0.4, -0.2) is 35.4 Å². The van der Waals surface area contributed by atoms with E-state index in [0.717, 1.165) is 6.08 Å². The van der Waals surface area contributed by atoms with E-state index < -0.39 is 36.4 Å². The number of carbonyl (C=O) groups excluding carboxylic acids is 2. The highest BCUT2D eigenvalue weighted by molar-refractivity contribution is 6.10. The van der Waals surface area contributed by atoms with Gasteiger partial charge in [0.25, 0.3) is 0 Å². The van der Waals surface area contributed by atoms with Crippen LogP contribution in [0.2, 0.25) is 0 Å². The van der Waals surface area contributed by atoms with Crippen molar-refractivity contribution in [3.8, 4) is 6.07 Å². The molecular weight excluding hydrogens is 313 g/mol. The van der Waals surface area contributed by atoms with E-state index in [-0.39, 0.29) is 0 Å². The Morgan fingerprint density at radius 1 is 1.48 bits per heavy atom. The maximum absolute atomic E-state index is 12.6. The van der Waals surface area contributed by atoms with Gasteiger partial charge >= 0.3 is 6.18 Å². The normalized spacial score (nSPS) is 16.1. The van der Waals surface area contributed by atoms with Gasteiger partial charge in [0.05, 0.1) is 12.3 Å². The molecule has 1 heterocycles. The molecule has 0 aliphatic heterocycles. The van der Waals surface area contributed by atoms with Gasteiger partial charge in [0, 0.05) is 6.04 Å². The maximum atomic E-state index is 12.6. The van der Waals surface area contributed by atoms with E-state index in [0.29, 0.717) is 23.5 Å². The highest BCUT2D eigenvalue weighted by Crippen LogP contribution is 2.31. The molecule has 5 nitrogen and oxygen atoms in total. The number of hydrogen-bond donors (Lipinski definition) is 0. The van der Waals surface area contributed by atoms with Gasteiger partial charge in [-0.3, -0.25) is 9.59 Å².